The summed E-state index contributed by atoms with van der Waals surface area (Å²) in [5.74, 6) is 1.74. The molecular weight excluding hydrogens is 222 g/mol. The van der Waals surface area contributed by atoms with Crippen molar-refractivity contribution in [3.8, 4) is 0 Å². The first kappa shape index (κ1) is 15.2. The molecule has 0 aliphatic carbocycles. The molecule has 0 spiro atoms. The van der Waals surface area contributed by atoms with Crippen LogP contribution in [0.3, 0.4) is 0 Å². The van der Waals surface area contributed by atoms with Crippen LogP contribution in [0.2, 0.25) is 0 Å². The SMILES string of the molecule is COCC(C)C(CNCC(C)C)c1ccccc1. The molecule has 0 aromatic heterocycles. The fraction of sp³-hybridized carbons (Fsp3) is 0.625. The van der Waals surface area contributed by atoms with Crippen molar-refractivity contribution in [2.75, 3.05) is 26.8 Å². The molecule has 1 N–H and O–H groups in total. The van der Waals surface area contributed by atoms with Crippen LogP contribution < -0.4 is 5.32 Å². The summed E-state index contributed by atoms with van der Waals surface area (Å²) in [6, 6.07) is 10.7. The van der Waals surface area contributed by atoms with E-state index in [0.717, 1.165) is 19.7 Å². The zero-order valence-electron chi connectivity index (χ0n) is 12.1. The highest BCUT2D eigenvalue weighted by atomic mass is 16.5. The number of hydrogen-bond acceptors (Lipinski definition) is 2. The number of nitrogens with one attached hydrogen (secondary N) is 1. The minimum Gasteiger partial charge on any atom is -0.384 e. The van der Waals surface area contributed by atoms with Gasteiger partial charge < -0.3 is 10.1 Å². The molecule has 0 amide bonds. The van der Waals surface area contributed by atoms with Gasteiger partial charge in [-0.25, -0.2) is 0 Å². The van der Waals surface area contributed by atoms with Crippen LogP contribution >= 0.6 is 0 Å². The molecule has 0 saturated heterocycles. The number of rotatable bonds is 8. The monoisotopic (exact) mass is 249 g/mol. The van der Waals surface area contributed by atoms with Crippen LogP contribution in [0.1, 0.15) is 32.3 Å². The van der Waals surface area contributed by atoms with E-state index < -0.39 is 0 Å². The van der Waals surface area contributed by atoms with E-state index in [-0.39, 0.29) is 0 Å². The van der Waals surface area contributed by atoms with Gasteiger partial charge in [0.15, 0.2) is 0 Å². The molecule has 2 nitrogen and oxygen atoms in total. The molecule has 2 unspecified atom stereocenters. The molecular formula is C16H27NO. The van der Waals surface area contributed by atoms with Gasteiger partial charge in [0.05, 0.1) is 0 Å². The van der Waals surface area contributed by atoms with Crippen molar-refractivity contribution in [3.05, 3.63) is 35.9 Å². The van der Waals surface area contributed by atoms with Gasteiger partial charge in [-0.15, -0.1) is 0 Å². The second kappa shape index (κ2) is 8.28. The van der Waals surface area contributed by atoms with Gasteiger partial charge in [0.25, 0.3) is 0 Å². The van der Waals surface area contributed by atoms with Crippen molar-refractivity contribution in [2.24, 2.45) is 11.8 Å². The zero-order valence-corrected chi connectivity index (χ0v) is 12.1. The molecule has 1 rings (SSSR count). The highest BCUT2D eigenvalue weighted by Gasteiger charge is 2.18. The molecule has 1 aromatic rings. The lowest BCUT2D eigenvalue weighted by atomic mass is 9.87. The molecule has 0 aliphatic rings. The fourth-order valence-corrected chi connectivity index (χ4v) is 2.25. The van der Waals surface area contributed by atoms with Crippen molar-refractivity contribution in [1.82, 2.24) is 5.32 Å². The summed E-state index contributed by atoms with van der Waals surface area (Å²) in [5.41, 5.74) is 1.40. The Morgan fingerprint density at radius 3 is 2.28 bits per heavy atom. The van der Waals surface area contributed by atoms with E-state index in [2.05, 4.69) is 56.4 Å². The van der Waals surface area contributed by atoms with Gasteiger partial charge >= 0.3 is 0 Å². The molecule has 0 radical (unpaired) electrons. The normalized spacial score (nSPS) is 14.7. The van der Waals surface area contributed by atoms with Crippen LogP contribution in [-0.2, 0) is 4.74 Å². The summed E-state index contributed by atoms with van der Waals surface area (Å²) < 4.78 is 5.31. The summed E-state index contributed by atoms with van der Waals surface area (Å²) in [6.07, 6.45) is 0. The van der Waals surface area contributed by atoms with E-state index in [0.29, 0.717) is 17.8 Å². The van der Waals surface area contributed by atoms with E-state index >= 15 is 0 Å². The van der Waals surface area contributed by atoms with Crippen LogP contribution in [0, 0.1) is 11.8 Å². The molecule has 0 bridgehead atoms. The Kier molecular flexibility index (Phi) is 6.99. The summed E-state index contributed by atoms with van der Waals surface area (Å²) in [6.45, 7) is 9.64. The Hall–Kier alpha value is -0.860. The van der Waals surface area contributed by atoms with Crippen molar-refractivity contribution in [3.63, 3.8) is 0 Å². The third kappa shape index (κ3) is 5.19. The largest absolute Gasteiger partial charge is 0.384 e. The van der Waals surface area contributed by atoms with E-state index in [4.69, 9.17) is 4.74 Å². The van der Waals surface area contributed by atoms with Gasteiger partial charge in [-0.05, 0) is 23.9 Å². The Labute approximate surface area is 112 Å². The number of methoxy groups -OCH3 is 1. The van der Waals surface area contributed by atoms with Gasteiger partial charge in [0.2, 0.25) is 0 Å². The first-order valence-corrected chi connectivity index (χ1v) is 6.89. The third-order valence-electron chi connectivity index (χ3n) is 3.26. The second-order valence-corrected chi connectivity index (χ2v) is 5.50. The first-order chi connectivity index (χ1) is 8.65. The van der Waals surface area contributed by atoms with Crippen molar-refractivity contribution in [2.45, 2.75) is 26.7 Å². The molecule has 18 heavy (non-hydrogen) atoms. The Bertz CT molecular complexity index is 310. The molecule has 2 atom stereocenters. The number of ether oxygens (including phenoxy) is 1. The maximum atomic E-state index is 5.31. The average Bonchev–Trinajstić information content (AvgIpc) is 2.35. The van der Waals surface area contributed by atoms with Crippen molar-refractivity contribution < 1.29 is 4.74 Å². The smallest absolute Gasteiger partial charge is 0.0494 e. The summed E-state index contributed by atoms with van der Waals surface area (Å²) in [5, 5.41) is 3.57. The van der Waals surface area contributed by atoms with Crippen molar-refractivity contribution >= 4 is 0 Å². The highest BCUT2D eigenvalue weighted by molar-refractivity contribution is 5.20. The molecule has 0 saturated carbocycles. The maximum Gasteiger partial charge on any atom is 0.0494 e. The van der Waals surface area contributed by atoms with E-state index in [1.54, 1.807) is 7.11 Å². The van der Waals surface area contributed by atoms with E-state index in [9.17, 15) is 0 Å². The fourth-order valence-electron chi connectivity index (χ4n) is 2.25. The molecule has 102 valence electrons. The van der Waals surface area contributed by atoms with Crippen LogP contribution in [0.25, 0.3) is 0 Å². The summed E-state index contributed by atoms with van der Waals surface area (Å²) in [7, 11) is 1.78. The lowest BCUT2D eigenvalue weighted by Gasteiger charge is -2.25. The number of benzene rings is 1. The van der Waals surface area contributed by atoms with Gasteiger partial charge in [-0.1, -0.05) is 51.1 Å². The second-order valence-electron chi connectivity index (χ2n) is 5.50. The molecule has 0 aliphatic heterocycles. The Morgan fingerprint density at radius 1 is 1.06 bits per heavy atom. The minimum absolute atomic E-state index is 0.518. The van der Waals surface area contributed by atoms with E-state index in [1.807, 2.05) is 0 Å². The average molecular weight is 249 g/mol. The van der Waals surface area contributed by atoms with Gasteiger partial charge in [-0.3, -0.25) is 0 Å². The van der Waals surface area contributed by atoms with Crippen molar-refractivity contribution in [1.29, 1.82) is 0 Å². The minimum atomic E-state index is 0.518. The summed E-state index contributed by atoms with van der Waals surface area (Å²) >= 11 is 0. The van der Waals surface area contributed by atoms with Gasteiger partial charge in [0.1, 0.15) is 0 Å². The summed E-state index contributed by atoms with van der Waals surface area (Å²) in [4.78, 5) is 0. The van der Waals surface area contributed by atoms with E-state index in [1.165, 1.54) is 5.56 Å². The standard InChI is InChI=1S/C16H27NO/c1-13(2)10-17-11-16(14(3)12-18-4)15-8-6-5-7-9-15/h5-9,13-14,16-17H,10-12H2,1-4H3. The predicted octanol–water partition coefficient (Wildman–Crippen LogP) is 3.30. The van der Waals surface area contributed by atoms with Gasteiger partial charge in [-0.2, -0.15) is 0 Å². The zero-order chi connectivity index (χ0) is 13.4. The van der Waals surface area contributed by atoms with Gasteiger partial charge in [0, 0.05) is 26.2 Å². The lowest BCUT2D eigenvalue weighted by Crippen LogP contribution is -2.30. The van der Waals surface area contributed by atoms with Crippen LogP contribution in [0.4, 0.5) is 0 Å². The molecule has 1 aromatic carbocycles. The van der Waals surface area contributed by atoms with Crippen LogP contribution in [0.5, 0.6) is 0 Å². The highest BCUT2D eigenvalue weighted by Crippen LogP contribution is 2.24. The molecule has 0 fully saturated rings. The first-order valence-electron chi connectivity index (χ1n) is 6.89. The Balaban J connectivity index is 2.63. The Morgan fingerprint density at radius 2 is 1.72 bits per heavy atom. The molecule has 2 heteroatoms. The topological polar surface area (TPSA) is 21.3 Å². The number of hydrogen-bond donors (Lipinski definition) is 1. The quantitative estimate of drug-likeness (QED) is 0.763. The third-order valence-corrected chi connectivity index (χ3v) is 3.26. The lowest BCUT2D eigenvalue weighted by molar-refractivity contribution is 0.145. The van der Waals surface area contributed by atoms with Crippen LogP contribution in [-0.4, -0.2) is 26.8 Å². The maximum absolute atomic E-state index is 5.31. The predicted molar refractivity (Wildman–Crippen MR) is 77.9 cm³/mol. The van der Waals surface area contributed by atoms with Crippen LogP contribution in [0.15, 0.2) is 30.3 Å². The molecule has 0 heterocycles.